The highest BCUT2D eigenvalue weighted by atomic mass is 32.2. The molecule has 1 amide bonds. The van der Waals surface area contributed by atoms with E-state index < -0.39 is 15.9 Å². The van der Waals surface area contributed by atoms with E-state index in [2.05, 4.69) is 4.72 Å². The SMILES string of the molecule is NC(=O)c1cc(S(=O)(=O)Nc2ccc3c(c2)CCC3)ccc1O. The summed E-state index contributed by atoms with van der Waals surface area (Å²) in [6.07, 6.45) is 3.03. The molecule has 0 aliphatic heterocycles. The third kappa shape index (κ3) is 3.00. The van der Waals surface area contributed by atoms with Crippen LogP contribution in [-0.2, 0) is 22.9 Å². The van der Waals surface area contributed by atoms with Crippen molar-refractivity contribution >= 4 is 21.6 Å². The topological polar surface area (TPSA) is 109 Å². The van der Waals surface area contributed by atoms with Crippen molar-refractivity contribution in [3.8, 4) is 5.75 Å². The van der Waals surface area contributed by atoms with Gasteiger partial charge in [-0.05, 0) is 60.7 Å². The summed E-state index contributed by atoms with van der Waals surface area (Å²) < 4.78 is 27.4. The lowest BCUT2D eigenvalue weighted by molar-refractivity contribution is 0.0997. The minimum absolute atomic E-state index is 0.135. The predicted molar refractivity (Wildman–Crippen MR) is 85.9 cm³/mol. The van der Waals surface area contributed by atoms with E-state index in [1.807, 2.05) is 12.1 Å². The highest BCUT2D eigenvalue weighted by Crippen LogP contribution is 2.27. The molecule has 2 aromatic rings. The molecule has 7 heteroatoms. The first-order valence-electron chi connectivity index (χ1n) is 7.14. The minimum Gasteiger partial charge on any atom is -0.507 e. The van der Waals surface area contributed by atoms with Gasteiger partial charge in [-0.3, -0.25) is 9.52 Å². The van der Waals surface area contributed by atoms with Crippen LogP contribution in [0.2, 0.25) is 0 Å². The molecular formula is C16H16N2O4S. The smallest absolute Gasteiger partial charge is 0.261 e. The normalized spacial score (nSPS) is 13.6. The molecule has 0 atom stereocenters. The van der Waals surface area contributed by atoms with Crippen LogP contribution in [0.25, 0.3) is 0 Å². The maximum atomic E-state index is 12.4. The number of phenols is 1. The zero-order valence-corrected chi connectivity index (χ0v) is 13.1. The summed E-state index contributed by atoms with van der Waals surface area (Å²) >= 11 is 0. The molecule has 0 saturated carbocycles. The van der Waals surface area contributed by atoms with Crippen LogP contribution in [0.1, 0.15) is 27.9 Å². The van der Waals surface area contributed by atoms with Crippen LogP contribution in [0.4, 0.5) is 5.69 Å². The quantitative estimate of drug-likeness (QED) is 0.792. The molecule has 23 heavy (non-hydrogen) atoms. The number of anilines is 1. The summed E-state index contributed by atoms with van der Waals surface area (Å²) in [5.74, 6) is -1.24. The van der Waals surface area contributed by atoms with Gasteiger partial charge in [0, 0.05) is 5.69 Å². The molecule has 3 rings (SSSR count). The lowest BCUT2D eigenvalue weighted by Crippen LogP contribution is -2.16. The molecule has 0 radical (unpaired) electrons. The maximum Gasteiger partial charge on any atom is 0.261 e. The van der Waals surface area contributed by atoms with E-state index >= 15 is 0 Å². The van der Waals surface area contributed by atoms with Gasteiger partial charge < -0.3 is 10.8 Å². The second kappa shape index (κ2) is 5.58. The zero-order chi connectivity index (χ0) is 16.6. The number of carbonyl (C=O) groups is 1. The third-order valence-corrected chi connectivity index (χ3v) is 5.27. The number of rotatable bonds is 4. The molecule has 0 bridgehead atoms. The number of fused-ring (bicyclic) bond motifs is 1. The summed E-state index contributed by atoms with van der Waals surface area (Å²) in [5, 5.41) is 9.55. The van der Waals surface area contributed by atoms with Crippen molar-refractivity contribution in [1.82, 2.24) is 0 Å². The Morgan fingerprint density at radius 2 is 1.83 bits per heavy atom. The van der Waals surface area contributed by atoms with Crippen LogP contribution in [0.15, 0.2) is 41.3 Å². The molecule has 0 spiro atoms. The molecule has 1 aliphatic rings. The number of nitrogens with one attached hydrogen (secondary N) is 1. The molecule has 1 aliphatic carbocycles. The van der Waals surface area contributed by atoms with Crippen LogP contribution in [0.5, 0.6) is 5.75 Å². The Morgan fingerprint density at radius 1 is 1.09 bits per heavy atom. The van der Waals surface area contributed by atoms with Crippen molar-refractivity contribution in [1.29, 1.82) is 0 Å². The van der Waals surface area contributed by atoms with Gasteiger partial charge in [0.2, 0.25) is 0 Å². The Hall–Kier alpha value is -2.54. The zero-order valence-electron chi connectivity index (χ0n) is 12.2. The van der Waals surface area contributed by atoms with Gasteiger partial charge in [0.05, 0.1) is 10.5 Å². The summed E-state index contributed by atoms with van der Waals surface area (Å²) in [7, 11) is -3.87. The van der Waals surface area contributed by atoms with Crippen molar-refractivity contribution in [2.75, 3.05) is 4.72 Å². The van der Waals surface area contributed by atoms with Crippen LogP contribution >= 0.6 is 0 Å². The predicted octanol–water partition coefficient (Wildman–Crippen LogP) is 1.78. The van der Waals surface area contributed by atoms with Gasteiger partial charge in [-0.15, -0.1) is 0 Å². The van der Waals surface area contributed by atoms with Gasteiger partial charge in [-0.2, -0.15) is 0 Å². The third-order valence-electron chi connectivity index (χ3n) is 3.89. The highest BCUT2D eigenvalue weighted by Gasteiger charge is 2.19. The van der Waals surface area contributed by atoms with Crippen LogP contribution in [0.3, 0.4) is 0 Å². The number of aromatic hydroxyl groups is 1. The number of hydrogen-bond acceptors (Lipinski definition) is 4. The Kier molecular flexibility index (Phi) is 3.73. The van der Waals surface area contributed by atoms with Crippen molar-refractivity contribution in [3.63, 3.8) is 0 Å². The number of carbonyl (C=O) groups excluding carboxylic acids is 1. The Morgan fingerprint density at radius 3 is 2.57 bits per heavy atom. The largest absolute Gasteiger partial charge is 0.507 e. The Bertz CT molecular complexity index is 891. The number of nitrogens with two attached hydrogens (primary N) is 1. The molecule has 4 N–H and O–H groups in total. The van der Waals surface area contributed by atoms with E-state index in [-0.39, 0.29) is 16.2 Å². The first-order valence-corrected chi connectivity index (χ1v) is 8.62. The second-order valence-electron chi connectivity index (χ2n) is 5.49. The van der Waals surface area contributed by atoms with Crippen molar-refractivity contribution in [3.05, 3.63) is 53.1 Å². The molecule has 0 saturated heterocycles. The number of hydrogen-bond donors (Lipinski definition) is 3. The molecule has 0 heterocycles. The fraction of sp³-hybridized carbons (Fsp3) is 0.188. The highest BCUT2D eigenvalue weighted by molar-refractivity contribution is 7.92. The molecule has 120 valence electrons. The fourth-order valence-electron chi connectivity index (χ4n) is 2.73. The number of amides is 1. The van der Waals surface area contributed by atoms with E-state index in [0.717, 1.165) is 37.0 Å². The average molecular weight is 332 g/mol. The fourth-order valence-corrected chi connectivity index (χ4v) is 3.80. The molecule has 2 aromatic carbocycles. The standard InChI is InChI=1S/C16H16N2O4S/c17-16(20)14-9-13(6-7-15(14)19)23(21,22)18-12-5-4-10-2-1-3-11(10)8-12/h4-9,18-19H,1-3H2,(H2,17,20). The lowest BCUT2D eigenvalue weighted by Gasteiger charge is -2.11. The van der Waals surface area contributed by atoms with Crippen molar-refractivity contribution in [2.45, 2.75) is 24.2 Å². The van der Waals surface area contributed by atoms with E-state index in [4.69, 9.17) is 5.73 Å². The van der Waals surface area contributed by atoms with Gasteiger partial charge >= 0.3 is 0 Å². The van der Waals surface area contributed by atoms with Crippen molar-refractivity contribution < 1.29 is 18.3 Å². The van der Waals surface area contributed by atoms with E-state index in [1.54, 1.807) is 6.07 Å². The van der Waals surface area contributed by atoms with Gasteiger partial charge in [-0.25, -0.2) is 8.42 Å². The first kappa shape index (κ1) is 15.4. The molecule has 0 aromatic heterocycles. The van der Waals surface area contributed by atoms with Crippen LogP contribution in [0, 0.1) is 0 Å². The molecular weight excluding hydrogens is 316 g/mol. The monoisotopic (exact) mass is 332 g/mol. The van der Waals surface area contributed by atoms with Gasteiger partial charge in [0.25, 0.3) is 15.9 Å². The minimum atomic E-state index is -3.87. The second-order valence-corrected chi connectivity index (χ2v) is 7.17. The Balaban J connectivity index is 1.93. The van der Waals surface area contributed by atoms with E-state index in [1.165, 1.54) is 11.6 Å². The number of primary amides is 1. The van der Waals surface area contributed by atoms with Crippen LogP contribution in [-0.4, -0.2) is 19.4 Å². The lowest BCUT2D eigenvalue weighted by atomic mass is 10.1. The molecule has 0 fully saturated rings. The summed E-state index contributed by atoms with van der Waals surface area (Å²) in [5.41, 5.74) is 7.75. The number of aryl methyl sites for hydroxylation is 2. The van der Waals surface area contributed by atoms with Gasteiger partial charge in [0.15, 0.2) is 0 Å². The number of sulfonamides is 1. The number of benzene rings is 2. The molecule has 0 unspecified atom stereocenters. The average Bonchev–Trinajstić information content (AvgIpc) is 2.94. The summed E-state index contributed by atoms with van der Waals surface area (Å²) in [6, 6.07) is 8.89. The van der Waals surface area contributed by atoms with Gasteiger partial charge in [-0.1, -0.05) is 6.07 Å². The summed E-state index contributed by atoms with van der Waals surface area (Å²) in [6.45, 7) is 0. The molecule has 6 nitrogen and oxygen atoms in total. The maximum absolute atomic E-state index is 12.4. The summed E-state index contributed by atoms with van der Waals surface area (Å²) in [4.78, 5) is 11.1. The van der Waals surface area contributed by atoms with Crippen molar-refractivity contribution in [2.24, 2.45) is 5.73 Å². The van der Waals surface area contributed by atoms with E-state index in [0.29, 0.717) is 5.69 Å². The van der Waals surface area contributed by atoms with Crippen LogP contribution < -0.4 is 10.5 Å². The van der Waals surface area contributed by atoms with Gasteiger partial charge in [0.1, 0.15) is 5.75 Å². The first-order chi connectivity index (χ1) is 10.9. The Labute approximate surface area is 134 Å². The van der Waals surface area contributed by atoms with E-state index in [9.17, 15) is 18.3 Å².